The second-order valence-corrected chi connectivity index (χ2v) is 5.87. The van der Waals surface area contributed by atoms with Crippen molar-refractivity contribution >= 4 is 16.6 Å². The van der Waals surface area contributed by atoms with Crippen LogP contribution in [0.15, 0.2) is 60.9 Å². The van der Waals surface area contributed by atoms with Crippen molar-refractivity contribution in [3.8, 4) is 22.9 Å². The molecule has 0 saturated heterocycles. The van der Waals surface area contributed by atoms with Crippen molar-refractivity contribution in [2.45, 2.75) is 6.92 Å². The van der Waals surface area contributed by atoms with E-state index in [4.69, 9.17) is 9.97 Å². The third-order valence-corrected chi connectivity index (χ3v) is 4.22. The van der Waals surface area contributed by atoms with Crippen LogP contribution in [0.4, 0.5) is 0 Å². The second-order valence-electron chi connectivity index (χ2n) is 5.87. The number of aryl methyl sites for hydroxylation is 1. The topological polar surface area (TPSA) is 81.8 Å². The highest BCUT2D eigenvalue weighted by Gasteiger charge is 2.16. The fourth-order valence-corrected chi connectivity index (χ4v) is 2.95. The summed E-state index contributed by atoms with van der Waals surface area (Å²) in [5.41, 5.74) is 4.65. The van der Waals surface area contributed by atoms with Crippen LogP contribution in [-0.4, -0.2) is 34.8 Å². The molecule has 0 aliphatic carbocycles. The Morgan fingerprint density at radius 3 is 2.31 bits per heavy atom. The standard InChI is InChI=1S/C19H13N7/c1-12-16-9-8-13-17(14-6-2-4-10-20-14)22-18(15-7-3-5-11-21-15)23-19(13)26(16)25-24-12/h2-11H,1H3. The maximum Gasteiger partial charge on any atom is 0.180 e. The summed E-state index contributed by atoms with van der Waals surface area (Å²) in [6.45, 7) is 1.93. The summed E-state index contributed by atoms with van der Waals surface area (Å²) in [6.07, 6.45) is 3.48. The van der Waals surface area contributed by atoms with Gasteiger partial charge in [0.05, 0.1) is 16.9 Å². The molecule has 5 aromatic heterocycles. The van der Waals surface area contributed by atoms with Gasteiger partial charge in [-0.15, -0.1) is 5.10 Å². The van der Waals surface area contributed by atoms with Gasteiger partial charge in [-0.2, -0.15) is 4.52 Å². The summed E-state index contributed by atoms with van der Waals surface area (Å²) < 4.78 is 1.74. The average Bonchev–Trinajstić information content (AvgIpc) is 3.10. The lowest BCUT2D eigenvalue weighted by Gasteiger charge is -2.09. The van der Waals surface area contributed by atoms with Gasteiger partial charge in [0.25, 0.3) is 0 Å². The van der Waals surface area contributed by atoms with Crippen LogP contribution < -0.4 is 0 Å². The lowest BCUT2D eigenvalue weighted by atomic mass is 10.1. The molecule has 0 saturated carbocycles. The Balaban J connectivity index is 1.91. The van der Waals surface area contributed by atoms with E-state index in [1.54, 1.807) is 16.9 Å². The second kappa shape index (κ2) is 5.66. The van der Waals surface area contributed by atoms with Gasteiger partial charge >= 0.3 is 0 Å². The lowest BCUT2D eigenvalue weighted by Crippen LogP contribution is -2.02. The number of rotatable bonds is 2. The Kier molecular flexibility index (Phi) is 3.18. The number of aromatic nitrogens is 7. The fraction of sp³-hybridized carbons (Fsp3) is 0.0526. The molecule has 0 amide bonds. The van der Waals surface area contributed by atoms with E-state index in [9.17, 15) is 0 Å². The van der Waals surface area contributed by atoms with E-state index in [0.717, 1.165) is 28.0 Å². The van der Waals surface area contributed by atoms with E-state index in [-0.39, 0.29) is 0 Å². The minimum Gasteiger partial charge on any atom is -0.255 e. The van der Waals surface area contributed by atoms with Crippen LogP contribution in [-0.2, 0) is 0 Å². The molecule has 0 aliphatic heterocycles. The summed E-state index contributed by atoms with van der Waals surface area (Å²) in [7, 11) is 0. The van der Waals surface area contributed by atoms with Crippen molar-refractivity contribution in [1.29, 1.82) is 0 Å². The molecular weight excluding hydrogens is 326 g/mol. The number of nitrogens with zero attached hydrogens (tertiary/aromatic N) is 7. The Hall–Kier alpha value is -3.74. The minimum atomic E-state index is 0.527. The summed E-state index contributed by atoms with van der Waals surface area (Å²) in [5, 5.41) is 9.29. The van der Waals surface area contributed by atoms with Crippen molar-refractivity contribution in [2.24, 2.45) is 0 Å². The van der Waals surface area contributed by atoms with Gasteiger partial charge in [-0.25, -0.2) is 9.97 Å². The Morgan fingerprint density at radius 1 is 0.808 bits per heavy atom. The number of hydrogen-bond donors (Lipinski definition) is 0. The van der Waals surface area contributed by atoms with Crippen molar-refractivity contribution in [3.63, 3.8) is 0 Å². The maximum atomic E-state index is 4.76. The van der Waals surface area contributed by atoms with Crippen LogP contribution in [0, 0.1) is 6.92 Å². The van der Waals surface area contributed by atoms with Crippen molar-refractivity contribution < 1.29 is 0 Å². The van der Waals surface area contributed by atoms with Gasteiger partial charge in [0, 0.05) is 17.8 Å². The van der Waals surface area contributed by atoms with Crippen molar-refractivity contribution in [3.05, 3.63) is 66.6 Å². The highest BCUT2D eigenvalue weighted by Crippen LogP contribution is 2.28. The zero-order valence-electron chi connectivity index (χ0n) is 13.9. The molecule has 0 fully saturated rings. The van der Waals surface area contributed by atoms with Crippen molar-refractivity contribution in [2.75, 3.05) is 0 Å². The van der Waals surface area contributed by atoms with Gasteiger partial charge < -0.3 is 0 Å². The third kappa shape index (κ3) is 2.21. The Morgan fingerprint density at radius 2 is 1.58 bits per heavy atom. The summed E-state index contributed by atoms with van der Waals surface area (Å²) >= 11 is 0. The van der Waals surface area contributed by atoms with Crippen LogP contribution in [0.25, 0.3) is 39.5 Å². The van der Waals surface area contributed by atoms with Crippen LogP contribution in [0.3, 0.4) is 0 Å². The molecule has 7 nitrogen and oxygen atoms in total. The third-order valence-electron chi connectivity index (χ3n) is 4.22. The highest BCUT2D eigenvalue weighted by atomic mass is 15.4. The molecule has 124 valence electrons. The summed E-state index contributed by atoms with van der Waals surface area (Å²) in [6, 6.07) is 15.4. The predicted octanol–water partition coefficient (Wildman–Crippen LogP) is 3.10. The zero-order chi connectivity index (χ0) is 17.5. The SMILES string of the molecule is Cc1nnn2c1ccc1c(-c3ccccn3)nc(-c3ccccn3)nc12. The molecule has 7 heteroatoms. The first kappa shape index (κ1) is 14.6. The van der Waals surface area contributed by atoms with E-state index in [2.05, 4.69) is 20.3 Å². The molecule has 0 N–H and O–H groups in total. The van der Waals surface area contributed by atoms with Crippen LogP contribution in [0.5, 0.6) is 0 Å². The molecule has 5 aromatic rings. The minimum absolute atomic E-state index is 0.527. The highest BCUT2D eigenvalue weighted by molar-refractivity contribution is 5.92. The van der Waals surface area contributed by atoms with E-state index in [1.807, 2.05) is 55.5 Å². The zero-order valence-corrected chi connectivity index (χ0v) is 13.9. The van der Waals surface area contributed by atoms with Gasteiger partial charge in [-0.1, -0.05) is 17.3 Å². The first-order valence-electron chi connectivity index (χ1n) is 8.17. The molecule has 5 rings (SSSR count). The first-order chi connectivity index (χ1) is 12.8. The van der Waals surface area contributed by atoms with E-state index in [0.29, 0.717) is 17.2 Å². The molecule has 0 aliphatic rings. The monoisotopic (exact) mass is 339 g/mol. The van der Waals surface area contributed by atoms with Gasteiger partial charge in [0.1, 0.15) is 11.4 Å². The van der Waals surface area contributed by atoms with Gasteiger partial charge in [0.2, 0.25) is 0 Å². The molecule has 5 heterocycles. The Labute approximate surface area is 148 Å². The molecule has 0 bridgehead atoms. The van der Waals surface area contributed by atoms with Crippen LogP contribution in [0.2, 0.25) is 0 Å². The largest absolute Gasteiger partial charge is 0.255 e. The number of pyridine rings is 3. The van der Waals surface area contributed by atoms with Gasteiger partial charge in [-0.05, 0) is 43.3 Å². The van der Waals surface area contributed by atoms with E-state index >= 15 is 0 Å². The van der Waals surface area contributed by atoms with Gasteiger partial charge in [-0.3, -0.25) is 9.97 Å². The number of fused-ring (bicyclic) bond motifs is 3. The molecule has 0 atom stereocenters. The van der Waals surface area contributed by atoms with Crippen LogP contribution >= 0.6 is 0 Å². The quantitative estimate of drug-likeness (QED) is 0.491. The fourth-order valence-electron chi connectivity index (χ4n) is 2.95. The molecular formula is C19H13N7. The predicted molar refractivity (Wildman–Crippen MR) is 97.3 cm³/mol. The lowest BCUT2D eigenvalue weighted by molar-refractivity contribution is 0.863. The van der Waals surface area contributed by atoms with E-state index in [1.165, 1.54) is 0 Å². The summed E-state index contributed by atoms with van der Waals surface area (Å²) in [5.74, 6) is 0.527. The summed E-state index contributed by atoms with van der Waals surface area (Å²) in [4.78, 5) is 18.3. The van der Waals surface area contributed by atoms with Crippen molar-refractivity contribution in [1.82, 2.24) is 34.8 Å². The smallest absolute Gasteiger partial charge is 0.180 e. The average molecular weight is 339 g/mol. The molecule has 26 heavy (non-hydrogen) atoms. The first-order valence-corrected chi connectivity index (χ1v) is 8.17. The molecule has 0 spiro atoms. The van der Waals surface area contributed by atoms with Crippen LogP contribution in [0.1, 0.15) is 5.69 Å². The molecule has 0 radical (unpaired) electrons. The van der Waals surface area contributed by atoms with Gasteiger partial charge in [0.15, 0.2) is 11.5 Å². The maximum absolute atomic E-state index is 4.76. The normalized spacial score (nSPS) is 11.3. The molecule has 0 aromatic carbocycles. The Bertz CT molecular complexity index is 1230. The molecule has 0 unspecified atom stereocenters. The number of hydrogen-bond acceptors (Lipinski definition) is 6. The van der Waals surface area contributed by atoms with E-state index < -0.39 is 0 Å².